The molecule has 0 aliphatic carbocycles. The predicted molar refractivity (Wildman–Crippen MR) is 110 cm³/mol. The highest BCUT2D eigenvalue weighted by molar-refractivity contribution is 6.01. The molecule has 0 bridgehead atoms. The van der Waals surface area contributed by atoms with Crippen LogP contribution in [0.1, 0.15) is 50.0 Å². The third-order valence-electron chi connectivity index (χ3n) is 6.46. The lowest BCUT2D eigenvalue weighted by atomic mass is 9.88. The maximum absolute atomic E-state index is 12.7. The van der Waals surface area contributed by atoms with Gasteiger partial charge < -0.3 is 15.5 Å². The maximum atomic E-state index is 12.7. The molecule has 0 radical (unpaired) electrons. The van der Waals surface area contributed by atoms with Gasteiger partial charge in [-0.25, -0.2) is 0 Å². The van der Waals surface area contributed by atoms with Crippen LogP contribution in [0.4, 0.5) is 5.69 Å². The SMILES string of the molecule is O=C1CCC(Nc2ccc(C3CCN(C(=O)C4CCNCC4)CC3)cc2)C(=O)N1. The number of piperidine rings is 3. The molecule has 0 spiro atoms. The van der Waals surface area contributed by atoms with Crippen molar-refractivity contribution in [1.82, 2.24) is 15.5 Å². The molecular formula is C22H30N4O3. The van der Waals surface area contributed by atoms with Gasteiger partial charge in [0.05, 0.1) is 0 Å². The molecule has 3 aliphatic heterocycles. The van der Waals surface area contributed by atoms with Gasteiger partial charge in [0.1, 0.15) is 6.04 Å². The van der Waals surface area contributed by atoms with Gasteiger partial charge in [0, 0.05) is 31.1 Å². The minimum absolute atomic E-state index is 0.199. The first-order valence-electron chi connectivity index (χ1n) is 10.8. The number of benzene rings is 1. The van der Waals surface area contributed by atoms with Crippen LogP contribution in [-0.4, -0.2) is 54.8 Å². The number of carbonyl (C=O) groups excluding carboxylic acids is 3. The highest BCUT2D eigenvalue weighted by Crippen LogP contribution is 2.30. The lowest BCUT2D eigenvalue weighted by Crippen LogP contribution is -2.47. The molecule has 4 rings (SSSR count). The molecule has 1 aromatic carbocycles. The molecular weight excluding hydrogens is 368 g/mol. The predicted octanol–water partition coefficient (Wildman–Crippen LogP) is 1.61. The first kappa shape index (κ1) is 19.9. The number of hydrogen-bond acceptors (Lipinski definition) is 5. The molecule has 3 N–H and O–H groups in total. The molecule has 1 aromatic rings. The molecule has 3 fully saturated rings. The summed E-state index contributed by atoms with van der Waals surface area (Å²) in [5.74, 6) is 0.556. The van der Waals surface area contributed by atoms with Crippen molar-refractivity contribution in [1.29, 1.82) is 0 Å². The van der Waals surface area contributed by atoms with Crippen molar-refractivity contribution in [3.63, 3.8) is 0 Å². The van der Waals surface area contributed by atoms with Gasteiger partial charge in [0.15, 0.2) is 0 Å². The Kier molecular flexibility index (Phi) is 6.13. The summed E-state index contributed by atoms with van der Waals surface area (Å²) in [6.07, 6.45) is 4.81. The Hall–Kier alpha value is -2.41. The van der Waals surface area contributed by atoms with Crippen LogP contribution in [0.2, 0.25) is 0 Å². The summed E-state index contributed by atoms with van der Waals surface area (Å²) in [6.45, 7) is 3.57. The van der Waals surface area contributed by atoms with Crippen molar-refractivity contribution >= 4 is 23.4 Å². The standard InChI is InChI=1S/C22H30N4O3/c27-20-6-5-19(21(28)25-20)24-18-3-1-15(2-4-18)16-9-13-26(14-10-16)22(29)17-7-11-23-12-8-17/h1-4,16-17,19,23-24H,5-14H2,(H,25,27,28). The lowest BCUT2D eigenvalue weighted by molar-refractivity contribution is -0.137. The first-order valence-corrected chi connectivity index (χ1v) is 10.8. The molecule has 3 amide bonds. The molecule has 7 heteroatoms. The van der Waals surface area contributed by atoms with Gasteiger partial charge in [-0.05, 0) is 68.8 Å². The number of nitrogens with one attached hydrogen (secondary N) is 3. The van der Waals surface area contributed by atoms with Gasteiger partial charge in [0.2, 0.25) is 17.7 Å². The van der Waals surface area contributed by atoms with Crippen LogP contribution in [0.15, 0.2) is 24.3 Å². The smallest absolute Gasteiger partial charge is 0.249 e. The largest absolute Gasteiger partial charge is 0.374 e. The van der Waals surface area contributed by atoms with Crippen LogP contribution in [0.3, 0.4) is 0 Å². The fourth-order valence-corrected chi connectivity index (χ4v) is 4.64. The number of amides is 3. The third-order valence-corrected chi connectivity index (χ3v) is 6.46. The van der Waals surface area contributed by atoms with Gasteiger partial charge >= 0.3 is 0 Å². The molecule has 3 heterocycles. The van der Waals surface area contributed by atoms with Gasteiger partial charge in [-0.2, -0.15) is 0 Å². The van der Waals surface area contributed by atoms with E-state index in [-0.39, 0.29) is 23.8 Å². The number of anilines is 1. The van der Waals surface area contributed by atoms with E-state index in [1.807, 2.05) is 12.1 Å². The van der Waals surface area contributed by atoms with E-state index in [4.69, 9.17) is 0 Å². The summed E-state index contributed by atoms with van der Waals surface area (Å²) in [5.41, 5.74) is 2.18. The van der Waals surface area contributed by atoms with Crippen LogP contribution in [0.5, 0.6) is 0 Å². The number of rotatable bonds is 4. The minimum Gasteiger partial charge on any atom is -0.374 e. The Bertz CT molecular complexity index is 750. The summed E-state index contributed by atoms with van der Waals surface area (Å²) >= 11 is 0. The third kappa shape index (κ3) is 4.78. The van der Waals surface area contributed by atoms with Crippen LogP contribution in [0, 0.1) is 5.92 Å². The van der Waals surface area contributed by atoms with Gasteiger partial charge in [-0.15, -0.1) is 0 Å². The van der Waals surface area contributed by atoms with Crippen molar-refractivity contribution in [3.05, 3.63) is 29.8 Å². The number of imide groups is 1. The zero-order valence-electron chi connectivity index (χ0n) is 16.8. The summed E-state index contributed by atoms with van der Waals surface area (Å²) in [4.78, 5) is 37.9. The quantitative estimate of drug-likeness (QED) is 0.671. The van der Waals surface area contributed by atoms with E-state index in [1.54, 1.807) is 0 Å². The number of hydrogen-bond donors (Lipinski definition) is 3. The monoisotopic (exact) mass is 398 g/mol. The second kappa shape index (κ2) is 8.95. The first-order chi connectivity index (χ1) is 14.1. The highest BCUT2D eigenvalue weighted by Gasteiger charge is 2.30. The topological polar surface area (TPSA) is 90.5 Å². The average molecular weight is 399 g/mol. The molecule has 156 valence electrons. The van der Waals surface area contributed by atoms with E-state index < -0.39 is 0 Å². The van der Waals surface area contributed by atoms with Gasteiger partial charge in [-0.1, -0.05) is 12.1 Å². The Morgan fingerprint density at radius 3 is 2.31 bits per heavy atom. The molecule has 29 heavy (non-hydrogen) atoms. The number of carbonyl (C=O) groups is 3. The highest BCUT2D eigenvalue weighted by atomic mass is 16.2. The van der Waals surface area contributed by atoms with E-state index in [2.05, 4.69) is 33.0 Å². The zero-order chi connectivity index (χ0) is 20.2. The van der Waals surface area contributed by atoms with E-state index in [1.165, 1.54) is 5.56 Å². The minimum atomic E-state index is -0.359. The number of nitrogens with zero attached hydrogens (tertiary/aromatic N) is 1. The molecule has 3 aliphatic rings. The lowest BCUT2D eigenvalue weighted by Gasteiger charge is -2.35. The van der Waals surface area contributed by atoms with E-state index in [0.29, 0.717) is 24.7 Å². The van der Waals surface area contributed by atoms with E-state index in [0.717, 1.165) is 57.5 Å². The molecule has 3 saturated heterocycles. The van der Waals surface area contributed by atoms with Crippen molar-refractivity contribution in [3.8, 4) is 0 Å². The second-order valence-electron chi connectivity index (χ2n) is 8.39. The maximum Gasteiger partial charge on any atom is 0.249 e. The molecule has 0 aromatic heterocycles. The van der Waals surface area contributed by atoms with Gasteiger partial charge in [0.25, 0.3) is 0 Å². The van der Waals surface area contributed by atoms with Crippen LogP contribution >= 0.6 is 0 Å². The van der Waals surface area contributed by atoms with Crippen LogP contribution < -0.4 is 16.0 Å². The second-order valence-corrected chi connectivity index (χ2v) is 8.39. The van der Waals surface area contributed by atoms with Crippen LogP contribution in [-0.2, 0) is 14.4 Å². The zero-order valence-corrected chi connectivity index (χ0v) is 16.8. The number of likely N-dealkylation sites (tertiary alicyclic amines) is 1. The summed E-state index contributed by atoms with van der Waals surface area (Å²) in [5, 5.41) is 8.91. The fraction of sp³-hybridized carbons (Fsp3) is 0.591. The van der Waals surface area contributed by atoms with Crippen molar-refractivity contribution < 1.29 is 14.4 Å². The Balaban J connectivity index is 1.28. The molecule has 1 unspecified atom stereocenters. The van der Waals surface area contributed by atoms with Crippen molar-refractivity contribution in [2.75, 3.05) is 31.5 Å². The van der Waals surface area contributed by atoms with Gasteiger partial charge in [-0.3, -0.25) is 19.7 Å². The summed E-state index contributed by atoms with van der Waals surface area (Å²) < 4.78 is 0. The van der Waals surface area contributed by atoms with Crippen LogP contribution in [0.25, 0.3) is 0 Å². The Morgan fingerprint density at radius 2 is 1.66 bits per heavy atom. The normalized spacial score (nSPS) is 24.3. The van der Waals surface area contributed by atoms with E-state index >= 15 is 0 Å². The van der Waals surface area contributed by atoms with Crippen molar-refractivity contribution in [2.45, 2.75) is 50.5 Å². The average Bonchev–Trinajstić information content (AvgIpc) is 2.76. The summed E-state index contributed by atoms with van der Waals surface area (Å²) in [7, 11) is 0. The molecule has 0 saturated carbocycles. The Labute approximate surface area is 171 Å². The fourth-order valence-electron chi connectivity index (χ4n) is 4.64. The summed E-state index contributed by atoms with van der Waals surface area (Å²) in [6, 6.07) is 7.88. The Morgan fingerprint density at radius 1 is 0.966 bits per heavy atom. The molecule has 7 nitrogen and oxygen atoms in total. The van der Waals surface area contributed by atoms with E-state index in [9.17, 15) is 14.4 Å². The van der Waals surface area contributed by atoms with Crippen molar-refractivity contribution in [2.24, 2.45) is 5.92 Å². The molecule has 1 atom stereocenters.